The zero-order chi connectivity index (χ0) is 9.68. The maximum absolute atomic E-state index is 10.6. The van der Waals surface area contributed by atoms with E-state index in [1.807, 2.05) is 0 Å². The van der Waals surface area contributed by atoms with Crippen LogP contribution in [-0.2, 0) is 17.6 Å². The molecule has 0 atom stereocenters. The highest BCUT2D eigenvalue weighted by molar-refractivity contribution is 5.75. The fraction of sp³-hybridized carbons (Fsp3) is 0.375. The van der Waals surface area contributed by atoms with Crippen LogP contribution >= 0.6 is 0 Å². The van der Waals surface area contributed by atoms with E-state index in [4.69, 9.17) is 11.5 Å². The predicted octanol–water partition coefficient (Wildman–Crippen LogP) is -0.994. The molecule has 1 amide bonds. The molecule has 1 heterocycles. The van der Waals surface area contributed by atoms with Gasteiger partial charge in [-0.2, -0.15) is 0 Å². The summed E-state index contributed by atoms with van der Waals surface area (Å²) in [6.07, 6.45) is 2.38. The van der Waals surface area contributed by atoms with Gasteiger partial charge in [-0.05, 0) is 12.6 Å². The van der Waals surface area contributed by atoms with Gasteiger partial charge in [0.25, 0.3) is 0 Å². The van der Waals surface area contributed by atoms with Crippen LogP contribution in [-0.4, -0.2) is 22.4 Å². The van der Waals surface area contributed by atoms with Crippen LogP contribution in [0.3, 0.4) is 0 Å². The zero-order valence-electron chi connectivity index (χ0n) is 7.23. The van der Waals surface area contributed by atoms with E-state index in [0.29, 0.717) is 18.8 Å². The van der Waals surface area contributed by atoms with Crippen LogP contribution in [0.15, 0.2) is 12.3 Å². The molecule has 13 heavy (non-hydrogen) atoms. The second-order valence-electron chi connectivity index (χ2n) is 2.65. The number of nitrogens with zero attached hydrogens (tertiary/aromatic N) is 2. The van der Waals surface area contributed by atoms with Gasteiger partial charge in [-0.3, -0.25) is 4.79 Å². The third-order valence-corrected chi connectivity index (χ3v) is 1.50. The van der Waals surface area contributed by atoms with Crippen molar-refractivity contribution in [2.45, 2.75) is 12.8 Å². The van der Waals surface area contributed by atoms with Gasteiger partial charge in [-0.15, -0.1) is 0 Å². The minimum atomic E-state index is -0.426. The molecule has 0 fully saturated rings. The average molecular weight is 180 g/mol. The molecule has 4 N–H and O–H groups in total. The first-order valence-electron chi connectivity index (χ1n) is 4.01. The first-order chi connectivity index (χ1) is 6.22. The minimum Gasteiger partial charge on any atom is -0.369 e. The van der Waals surface area contributed by atoms with Crippen LogP contribution in [0.4, 0.5) is 0 Å². The number of primary amides is 1. The van der Waals surface area contributed by atoms with E-state index in [-0.39, 0.29) is 6.42 Å². The van der Waals surface area contributed by atoms with Gasteiger partial charge in [-0.1, -0.05) is 0 Å². The number of carbonyl (C=O) groups excluding carboxylic acids is 1. The van der Waals surface area contributed by atoms with E-state index < -0.39 is 5.91 Å². The highest BCUT2D eigenvalue weighted by Crippen LogP contribution is 1.96. The first-order valence-corrected chi connectivity index (χ1v) is 4.01. The van der Waals surface area contributed by atoms with Crippen molar-refractivity contribution in [2.75, 3.05) is 6.54 Å². The Kier molecular flexibility index (Phi) is 3.33. The van der Waals surface area contributed by atoms with Gasteiger partial charge in [0.15, 0.2) is 0 Å². The van der Waals surface area contributed by atoms with Crippen LogP contribution in [0.5, 0.6) is 0 Å². The molecule has 1 rings (SSSR count). The van der Waals surface area contributed by atoms with Gasteiger partial charge in [-0.25, -0.2) is 9.97 Å². The van der Waals surface area contributed by atoms with Crippen LogP contribution in [0.25, 0.3) is 0 Å². The monoisotopic (exact) mass is 180 g/mol. The lowest BCUT2D eigenvalue weighted by atomic mass is 10.3. The topological polar surface area (TPSA) is 94.9 Å². The fourth-order valence-electron chi connectivity index (χ4n) is 0.969. The summed E-state index contributed by atoms with van der Waals surface area (Å²) in [5.74, 6) is 0.0309. The highest BCUT2D eigenvalue weighted by Gasteiger charge is 2.02. The van der Waals surface area contributed by atoms with E-state index in [1.54, 1.807) is 12.3 Å². The quantitative estimate of drug-likeness (QED) is 0.621. The van der Waals surface area contributed by atoms with Crippen molar-refractivity contribution < 1.29 is 4.79 Å². The van der Waals surface area contributed by atoms with Gasteiger partial charge in [0.2, 0.25) is 5.91 Å². The van der Waals surface area contributed by atoms with E-state index in [1.165, 1.54) is 0 Å². The van der Waals surface area contributed by atoms with Crippen LogP contribution < -0.4 is 11.5 Å². The number of nitrogens with two attached hydrogens (primary N) is 2. The molecule has 0 saturated heterocycles. The molecule has 0 unspecified atom stereocenters. The fourth-order valence-corrected chi connectivity index (χ4v) is 0.969. The summed E-state index contributed by atoms with van der Waals surface area (Å²) >= 11 is 0. The maximum Gasteiger partial charge on any atom is 0.225 e. The molecule has 1 aromatic rings. The Bertz CT molecular complexity index is 300. The van der Waals surface area contributed by atoms with Crippen molar-refractivity contribution in [2.24, 2.45) is 11.5 Å². The third-order valence-electron chi connectivity index (χ3n) is 1.50. The van der Waals surface area contributed by atoms with Gasteiger partial charge in [0.1, 0.15) is 5.82 Å². The molecular formula is C8H12N4O. The zero-order valence-corrected chi connectivity index (χ0v) is 7.23. The summed E-state index contributed by atoms with van der Waals surface area (Å²) in [6.45, 7) is 0.535. The summed E-state index contributed by atoms with van der Waals surface area (Å²) < 4.78 is 0. The summed E-state index contributed by atoms with van der Waals surface area (Å²) in [6, 6.07) is 1.78. The van der Waals surface area contributed by atoms with Crippen LogP contribution in [0, 0.1) is 0 Å². The van der Waals surface area contributed by atoms with E-state index >= 15 is 0 Å². The van der Waals surface area contributed by atoms with Crippen LogP contribution in [0.2, 0.25) is 0 Å². The number of carbonyl (C=O) groups is 1. The molecule has 5 heteroatoms. The molecule has 70 valence electrons. The van der Waals surface area contributed by atoms with Gasteiger partial charge in [0, 0.05) is 18.3 Å². The normalized spacial score (nSPS) is 9.92. The smallest absolute Gasteiger partial charge is 0.225 e. The van der Waals surface area contributed by atoms with Gasteiger partial charge >= 0.3 is 0 Å². The minimum absolute atomic E-state index is 0.0818. The molecular weight excluding hydrogens is 168 g/mol. The lowest BCUT2D eigenvalue weighted by Gasteiger charge is -1.99. The molecule has 0 bridgehead atoms. The Morgan fingerprint density at radius 2 is 2.31 bits per heavy atom. The maximum atomic E-state index is 10.6. The number of aromatic nitrogens is 2. The third kappa shape index (κ3) is 3.16. The molecule has 0 radical (unpaired) electrons. The first kappa shape index (κ1) is 9.60. The van der Waals surface area contributed by atoms with Crippen molar-refractivity contribution in [3.63, 3.8) is 0 Å². The number of amides is 1. The molecule has 0 aromatic carbocycles. The molecule has 0 aliphatic carbocycles. The molecule has 0 aliphatic heterocycles. The van der Waals surface area contributed by atoms with E-state index in [2.05, 4.69) is 9.97 Å². The van der Waals surface area contributed by atoms with Gasteiger partial charge < -0.3 is 11.5 Å². The molecule has 5 nitrogen and oxygen atoms in total. The molecule has 0 aliphatic rings. The van der Waals surface area contributed by atoms with E-state index in [0.717, 1.165) is 5.69 Å². The van der Waals surface area contributed by atoms with Crippen molar-refractivity contribution >= 4 is 5.91 Å². The number of hydrogen-bond acceptors (Lipinski definition) is 4. The second-order valence-corrected chi connectivity index (χ2v) is 2.65. The van der Waals surface area contributed by atoms with Gasteiger partial charge in [0.05, 0.1) is 6.42 Å². The van der Waals surface area contributed by atoms with Crippen molar-refractivity contribution in [3.8, 4) is 0 Å². The molecule has 1 aromatic heterocycles. The van der Waals surface area contributed by atoms with Crippen molar-refractivity contribution in [1.29, 1.82) is 0 Å². The summed E-state index contributed by atoms with van der Waals surface area (Å²) in [4.78, 5) is 18.6. The largest absolute Gasteiger partial charge is 0.369 e. The summed E-state index contributed by atoms with van der Waals surface area (Å²) in [7, 11) is 0. The summed E-state index contributed by atoms with van der Waals surface area (Å²) in [5.41, 5.74) is 11.2. The lowest BCUT2D eigenvalue weighted by molar-refractivity contribution is -0.117. The SMILES string of the molecule is NCCc1ccnc(CC(N)=O)n1. The Morgan fingerprint density at radius 1 is 1.54 bits per heavy atom. The number of hydrogen-bond donors (Lipinski definition) is 2. The Morgan fingerprint density at radius 3 is 2.92 bits per heavy atom. The standard InChI is InChI=1S/C8H12N4O/c9-3-1-6-2-4-11-8(12-6)5-7(10)13/h2,4H,1,3,5,9H2,(H2,10,13). The average Bonchev–Trinajstić information content (AvgIpc) is 2.04. The predicted molar refractivity (Wildman–Crippen MR) is 47.7 cm³/mol. The molecule has 0 saturated carbocycles. The van der Waals surface area contributed by atoms with Crippen molar-refractivity contribution in [3.05, 3.63) is 23.8 Å². The Hall–Kier alpha value is -1.49. The van der Waals surface area contributed by atoms with Crippen molar-refractivity contribution in [1.82, 2.24) is 9.97 Å². The van der Waals surface area contributed by atoms with E-state index in [9.17, 15) is 4.79 Å². The lowest BCUT2D eigenvalue weighted by Crippen LogP contribution is -2.16. The number of rotatable bonds is 4. The Balaban J connectivity index is 2.73. The van der Waals surface area contributed by atoms with Crippen LogP contribution in [0.1, 0.15) is 11.5 Å². The summed E-state index contributed by atoms with van der Waals surface area (Å²) in [5, 5.41) is 0. The highest BCUT2D eigenvalue weighted by atomic mass is 16.1. The molecule has 0 spiro atoms. The second kappa shape index (κ2) is 4.51. The Labute approximate surface area is 76.2 Å².